The molecule has 0 heterocycles. The molecule has 0 saturated heterocycles. The predicted octanol–water partition coefficient (Wildman–Crippen LogP) is 0.353. The Balaban J connectivity index is 2.64. The number of nitrogens with zero attached hydrogens (tertiary/aromatic N) is 1. The molecule has 5 heteroatoms. The van der Waals surface area contributed by atoms with Crippen molar-refractivity contribution in [2.24, 2.45) is 5.73 Å². The number of carbonyl (C=O) groups excluding carboxylic acids is 2. The summed E-state index contributed by atoms with van der Waals surface area (Å²) in [5, 5.41) is 2.65. The lowest BCUT2D eigenvalue weighted by Gasteiger charge is -2.16. The maximum absolute atomic E-state index is 12.0. The van der Waals surface area contributed by atoms with Crippen LogP contribution in [0.1, 0.15) is 22.8 Å². The lowest BCUT2D eigenvalue weighted by molar-refractivity contribution is -0.121. The Hall–Kier alpha value is -1.88. The van der Waals surface area contributed by atoms with E-state index in [0.29, 0.717) is 18.7 Å². The molecule has 18 heavy (non-hydrogen) atoms. The molecule has 1 aromatic rings. The van der Waals surface area contributed by atoms with Gasteiger partial charge in [0.15, 0.2) is 0 Å². The van der Waals surface area contributed by atoms with Crippen molar-refractivity contribution in [3.63, 3.8) is 0 Å². The third kappa shape index (κ3) is 3.85. The number of carbonyl (C=O) groups is 2. The highest BCUT2D eigenvalue weighted by molar-refractivity contribution is 5.96. The Morgan fingerprint density at radius 2 is 1.89 bits per heavy atom. The molecule has 0 aliphatic heterocycles. The van der Waals surface area contributed by atoms with Gasteiger partial charge in [0.05, 0.1) is 6.54 Å². The predicted molar refractivity (Wildman–Crippen MR) is 70.0 cm³/mol. The van der Waals surface area contributed by atoms with Crippen molar-refractivity contribution in [1.29, 1.82) is 0 Å². The first-order chi connectivity index (χ1) is 8.58. The molecule has 0 aliphatic carbocycles. The maximum atomic E-state index is 12.0. The fourth-order valence-corrected chi connectivity index (χ4v) is 1.54. The number of likely N-dealkylation sites (N-methyl/N-ethyl adjacent to an activating group) is 2. The summed E-state index contributed by atoms with van der Waals surface area (Å²) in [6.45, 7) is 2.91. The van der Waals surface area contributed by atoms with E-state index in [2.05, 4.69) is 5.32 Å². The summed E-state index contributed by atoms with van der Waals surface area (Å²) in [5.41, 5.74) is 7.01. The van der Waals surface area contributed by atoms with Gasteiger partial charge in [-0.2, -0.15) is 0 Å². The fourth-order valence-electron chi connectivity index (χ4n) is 1.54. The zero-order chi connectivity index (χ0) is 13.5. The molecule has 0 radical (unpaired) electrons. The minimum Gasteiger partial charge on any atom is -0.355 e. The number of amides is 2. The molecule has 0 unspecified atom stereocenters. The van der Waals surface area contributed by atoms with Crippen LogP contribution in [0.2, 0.25) is 0 Å². The van der Waals surface area contributed by atoms with Crippen LogP contribution in [0.15, 0.2) is 24.3 Å². The first kappa shape index (κ1) is 14.2. The van der Waals surface area contributed by atoms with E-state index < -0.39 is 0 Å². The largest absolute Gasteiger partial charge is 0.355 e. The Kier molecular flexibility index (Phi) is 5.32. The van der Waals surface area contributed by atoms with Gasteiger partial charge in [0.2, 0.25) is 5.91 Å². The van der Waals surface area contributed by atoms with E-state index in [-0.39, 0.29) is 18.4 Å². The Labute approximate surface area is 107 Å². The topological polar surface area (TPSA) is 75.4 Å². The van der Waals surface area contributed by atoms with E-state index in [4.69, 9.17) is 5.73 Å². The summed E-state index contributed by atoms with van der Waals surface area (Å²) in [7, 11) is 1.61. The van der Waals surface area contributed by atoms with E-state index in [1.54, 1.807) is 19.2 Å². The SMILES string of the molecule is CCNC(=O)CN(C)C(=O)c1ccc(CN)cc1. The molecular formula is C13H19N3O2. The summed E-state index contributed by atoms with van der Waals surface area (Å²) >= 11 is 0. The van der Waals surface area contributed by atoms with Gasteiger partial charge in [0.25, 0.3) is 5.91 Å². The van der Waals surface area contributed by atoms with E-state index in [9.17, 15) is 9.59 Å². The average Bonchev–Trinajstić information content (AvgIpc) is 2.38. The van der Waals surface area contributed by atoms with Gasteiger partial charge in [0.1, 0.15) is 0 Å². The molecule has 0 aliphatic rings. The van der Waals surface area contributed by atoms with Crippen molar-refractivity contribution >= 4 is 11.8 Å². The Morgan fingerprint density at radius 1 is 1.28 bits per heavy atom. The van der Waals surface area contributed by atoms with Crippen molar-refractivity contribution in [2.75, 3.05) is 20.1 Å². The fraction of sp³-hybridized carbons (Fsp3) is 0.385. The highest BCUT2D eigenvalue weighted by atomic mass is 16.2. The van der Waals surface area contributed by atoms with Crippen LogP contribution in [0.3, 0.4) is 0 Å². The number of hydrogen-bond donors (Lipinski definition) is 2. The average molecular weight is 249 g/mol. The van der Waals surface area contributed by atoms with Crippen molar-refractivity contribution in [2.45, 2.75) is 13.5 Å². The van der Waals surface area contributed by atoms with Crippen LogP contribution < -0.4 is 11.1 Å². The third-order valence-corrected chi connectivity index (χ3v) is 2.54. The van der Waals surface area contributed by atoms with E-state index in [1.165, 1.54) is 4.90 Å². The Bertz CT molecular complexity index is 415. The summed E-state index contributed by atoms with van der Waals surface area (Å²) < 4.78 is 0. The number of nitrogens with two attached hydrogens (primary N) is 1. The molecule has 0 spiro atoms. The van der Waals surface area contributed by atoms with Crippen LogP contribution >= 0.6 is 0 Å². The summed E-state index contributed by atoms with van der Waals surface area (Å²) in [4.78, 5) is 24.8. The molecule has 98 valence electrons. The lowest BCUT2D eigenvalue weighted by atomic mass is 10.1. The first-order valence-corrected chi connectivity index (χ1v) is 5.89. The summed E-state index contributed by atoms with van der Waals surface area (Å²) in [6, 6.07) is 7.07. The second-order valence-electron chi connectivity index (χ2n) is 4.02. The van der Waals surface area contributed by atoms with E-state index >= 15 is 0 Å². The molecule has 0 atom stereocenters. The van der Waals surface area contributed by atoms with Gasteiger partial charge >= 0.3 is 0 Å². The van der Waals surface area contributed by atoms with Gasteiger partial charge in [-0.05, 0) is 24.6 Å². The van der Waals surface area contributed by atoms with Gasteiger partial charge in [-0.25, -0.2) is 0 Å². The Morgan fingerprint density at radius 3 is 2.39 bits per heavy atom. The normalized spacial score (nSPS) is 9.94. The zero-order valence-electron chi connectivity index (χ0n) is 10.8. The van der Waals surface area contributed by atoms with Crippen LogP contribution in [0.4, 0.5) is 0 Å². The van der Waals surface area contributed by atoms with E-state index in [0.717, 1.165) is 5.56 Å². The minimum atomic E-state index is -0.176. The number of hydrogen-bond acceptors (Lipinski definition) is 3. The maximum Gasteiger partial charge on any atom is 0.254 e. The molecule has 1 rings (SSSR count). The highest BCUT2D eigenvalue weighted by Crippen LogP contribution is 2.06. The molecule has 0 aromatic heterocycles. The standard InChI is InChI=1S/C13H19N3O2/c1-3-15-12(17)9-16(2)13(18)11-6-4-10(8-14)5-7-11/h4-7H,3,8-9,14H2,1-2H3,(H,15,17). The summed E-state index contributed by atoms with van der Waals surface area (Å²) in [6.07, 6.45) is 0. The van der Waals surface area contributed by atoms with Crippen molar-refractivity contribution in [3.05, 3.63) is 35.4 Å². The van der Waals surface area contributed by atoms with Crippen LogP contribution in [0.25, 0.3) is 0 Å². The quantitative estimate of drug-likeness (QED) is 0.791. The third-order valence-electron chi connectivity index (χ3n) is 2.54. The van der Waals surface area contributed by atoms with Gasteiger partial charge in [-0.1, -0.05) is 12.1 Å². The lowest BCUT2D eigenvalue weighted by Crippen LogP contribution is -2.38. The molecule has 2 amide bonds. The molecule has 0 saturated carbocycles. The van der Waals surface area contributed by atoms with E-state index in [1.807, 2.05) is 19.1 Å². The van der Waals surface area contributed by atoms with Crippen molar-refractivity contribution in [3.8, 4) is 0 Å². The van der Waals surface area contributed by atoms with Gasteiger partial charge < -0.3 is 16.0 Å². The van der Waals surface area contributed by atoms with Crippen LogP contribution in [-0.2, 0) is 11.3 Å². The monoisotopic (exact) mass is 249 g/mol. The second kappa shape index (κ2) is 6.76. The number of nitrogens with one attached hydrogen (secondary N) is 1. The van der Waals surface area contributed by atoms with Gasteiger partial charge in [-0.3, -0.25) is 9.59 Å². The van der Waals surface area contributed by atoms with Crippen LogP contribution in [0.5, 0.6) is 0 Å². The smallest absolute Gasteiger partial charge is 0.254 e. The molecule has 1 aromatic carbocycles. The van der Waals surface area contributed by atoms with Crippen LogP contribution in [0, 0.1) is 0 Å². The second-order valence-corrected chi connectivity index (χ2v) is 4.02. The zero-order valence-corrected chi connectivity index (χ0v) is 10.8. The highest BCUT2D eigenvalue weighted by Gasteiger charge is 2.14. The van der Waals surface area contributed by atoms with Gasteiger partial charge in [0, 0.05) is 25.7 Å². The molecule has 3 N–H and O–H groups in total. The minimum absolute atomic E-state index is 0.0608. The number of rotatable bonds is 5. The molecule has 0 fully saturated rings. The molecular weight excluding hydrogens is 230 g/mol. The van der Waals surface area contributed by atoms with Crippen molar-refractivity contribution in [1.82, 2.24) is 10.2 Å². The van der Waals surface area contributed by atoms with Gasteiger partial charge in [-0.15, -0.1) is 0 Å². The first-order valence-electron chi connectivity index (χ1n) is 5.89. The summed E-state index contributed by atoms with van der Waals surface area (Å²) in [5.74, 6) is -0.336. The number of benzene rings is 1. The molecule has 0 bridgehead atoms. The molecule has 5 nitrogen and oxygen atoms in total. The van der Waals surface area contributed by atoms with Crippen LogP contribution in [-0.4, -0.2) is 36.9 Å². The van der Waals surface area contributed by atoms with Crippen molar-refractivity contribution < 1.29 is 9.59 Å².